The van der Waals surface area contributed by atoms with E-state index in [9.17, 15) is 75.8 Å². The summed E-state index contributed by atoms with van der Waals surface area (Å²) in [5, 5.41) is 77.8. The summed E-state index contributed by atoms with van der Waals surface area (Å²) in [6.45, 7) is 2.54. The third kappa shape index (κ3) is 13.9. The number of hydrogen-bond donors (Lipinski definition) is 10. The Labute approximate surface area is 342 Å². The summed E-state index contributed by atoms with van der Waals surface area (Å²) in [5.74, 6) is -6.68. The topological polar surface area (TPSA) is 345 Å². The fraction of sp³-hybridized carbons (Fsp3) is 0.263. The Morgan fingerprint density at radius 1 is 0.483 bits per heavy atom. The quantitative estimate of drug-likeness (QED) is 0.0642. The predicted octanol–water partition coefficient (Wildman–Crippen LogP) is 3.17. The van der Waals surface area contributed by atoms with Crippen molar-refractivity contribution in [3.8, 4) is 23.0 Å². The lowest BCUT2D eigenvalue weighted by Gasteiger charge is -2.29. The maximum Gasteiger partial charge on any atom is 0.321 e. The molecule has 20 nitrogen and oxygen atoms in total. The molecule has 2 atom stereocenters. The number of carboxylic acid groups (broad SMARTS) is 4. The number of carboxylic acids is 4. The summed E-state index contributed by atoms with van der Waals surface area (Å²) in [6.07, 6.45) is -1.55. The average Bonchev–Trinajstić information content (AvgIpc) is 3.12. The van der Waals surface area contributed by atoms with Gasteiger partial charge in [-0.25, -0.2) is 0 Å². The standard InChI is InChI=1S/C20H23NO6.C18H19NO12S2/c1-12-3-5-17(22)14(7-12)10-21(16(20(26)27)9-19(24)25)11-15-8-13(2)4-6-18(15)23;20-15-3-1-12(32(26,27)28)5-10(15)8-19(14(18(24)25)7-17(22)23)9-11-6-13(33(29,30)31)2-4-16(11)21/h3-8,16,22-23H,9-11H2,1-2H3,(H,24,25)(H,26,27);1-6,14,20-21H,7-9H2,(H,22,23)(H,24,25)(H,26,27,28)(H,29,30,31). The van der Waals surface area contributed by atoms with Crippen LogP contribution in [-0.2, 0) is 65.6 Å². The highest BCUT2D eigenvalue weighted by atomic mass is 32.2. The molecule has 0 bridgehead atoms. The van der Waals surface area contributed by atoms with E-state index in [2.05, 4.69) is 0 Å². The molecule has 324 valence electrons. The first-order chi connectivity index (χ1) is 27.8. The molecule has 22 heteroatoms. The first-order valence-electron chi connectivity index (χ1n) is 17.3. The van der Waals surface area contributed by atoms with E-state index in [1.54, 1.807) is 24.3 Å². The van der Waals surface area contributed by atoms with Crippen molar-refractivity contribution in [1.29, 1.82) is 0 Å². The number of rotatable bonds is 18. The molecule has 0 saturated heterocycles. The molecule has 0 aliphatic carbocycles. The molecule has 0 saturated carbocycles. The number of phenolic OH excluding ortho intramolecular Hbond substituents is 4. The van der Waals surface area contributed by atoms with E-state index >= 15 is 0 Å². The number of carbonyl (C=O) groups is 4. The zero-order valence-electron chi connectivity index (χ0n) is 31.8. The van der Waals surface area contributed by atoms with Gasteiger partial charge in [-0.15, -0.1) is 0 Å². The third-order valence-corrected chi connectivity index (χ3v) is 10.5. The van der Waals surface area contributed by atoms with Gasteiger partial charge in [-0.05, 0) is 62.4 Å². The van der Waals surface area contributed by atoms with Crippen LogP contribution in [0.2, 0.25) is 0 Å². The normalized spacial score (nSPS) is 12.6. The average molecular weight is 879 g/mol. The molecule has 0 heterocycles. The Kier molecular flexibility index (Phi) is 16.1. The highest BCUT2D eigenvalue weighted by Gasteiger charge is 2.32. The monoisotopic (exact) mass is 878 g/mol. The van der Waals surface area contributed by atoms with Gasteiger partial charge in [0.25, 0.3) is 20.2 Å². The molecule has 0 aliphatic rings. The predicted molar refractivity (Wildman–Crippen MR) is 207 cm³/mol. The highest BCUT2D eigenvalue weighted by molar-refractivity contribution is 7.86. The van der Waals surface area contributed by atoms with Crippen LogP contribution in [0.1, 0.15) is 46.2 Å². The lowest BCUT2D eigenvalue weighted by molar-refractivity contribution is -0.150. The van der Waals surface area contributed by atoms with E-state index in [-0.39, 0.29) is 35.7 Å². The molecule has 0 spiro atoms. The summed E-state index contributed by atoms with van der Waals surface area (Å²) in [6, 6.07) is 12.1. The van der Waals surface area contributed by atoms with Gasteiger partial charge in [-0.1, -0.05) is 35.4 Å². The molecule has 10 N–H and O–H groups in total. The fourth-order valence-corrected chi connectivity index (χ4v) is 6.95. The number of aromatic hydroxyl groups is 4. The van der Waals surface area contributed by atoms with Crippen LogP contribution in [0.5, 0.6) is 23.0 Å². The lowest BCUT2D eigenvalue weighted by atomic mass is 10.0. The van der Waals surface area contributed by atoms with Crippen LogP contribution in [0.25, 0.3) is 0 Å². The second-order valence-electron chi connectivity index (χ2n) is 13.5. The van der Waals surface area contributed by atoms with E-state index in [1.807, 2.05) is 13.8 Å². The van der Waals surface area contributed by atoms with Crippen molar-refractivity contribution in [2.75, 3.05) is 0 Å². The van der Waals surface area contributed by atoms with Gasteiger partial charge < -0.3 is 40.9 Å². The van der Waals surface area contributed by atoms with Crippen molar-refractivity contribution in [3.63, 3.8) is 0 Å². The SMILES string of the molecule is Cc1ccc(O)c(CN(Cc2cc(C)ccc2O)C(CC(=O)O)C(=O)O)c1.O=C(O)CC(C(=O)O)N(Cc1cc(S(=O)(=O)O)ccc1O)Cc1cc(S(=O)(=O)O)ccc1O. The van der Waals surface area contributed by atoms with Crippen molar-refractivity contribution < 1.29 is 86.0 Å². The molecule has 0 fully saturated rings. The fourth-order valence-electron chi connectivity index (χ4n) is 5.88. The molecular formula is C38H42N2O18S2. The van der Waals surface area contributed by atoms with Gasteiger partial charge in [0.1, 0.15) is 35.1 Å². The van der Waals surface area contributed by atoms with E-state index in [1.165, 1.54) is 17.0 Å². The highest BCUT2D eigenvalue weighted by Crippen LogP contribution is 2.30. The zero-order valence-corrected chi connectivity index (χ0v) is 33.4. The number of hydrogen-bond acceptors (Lipinski definition) is 14. The minimum atomic E-state index is -4.70. The van der Waals surface area contributed by atoms with E-state index in [4.69, 9.17) is 10.2 Å². The second kappa shape index (κ2) is 20.1. The van der Waals surface area contributed by atoms with Gasteiger partial charge in [0.2, 0.25) is 0 Å². The Bertz CT molecular complexity index is 2340. The van der Waals surface area contributed by atoms with Crippen LogP contribution in [-0.4, -0.2) is 113 Å². The van der Waals surface area contributed by atoms with Gasteiger partial charge >= 0.3 is 23.9 Å². The number of nitrogens with zero attached hydrogens (tertiary/aromatic N) is 2. The number of benzene rings is 4. The van der Waals surface area contributed by atoms with Crippen LogP contribution in [0.3, 0.4) is 0 Å². The minimum absolute atomic E-state index is 0.00136. The van der Waals surface area contributed by atoms with Gasteiger partial charge in [0.05, 0.1) is 22.6 Å². The van der Waals surface area contributed by atoms with E-state index in [0.717, 1.165) is 52.4 Å². The second-order valence-corrected chi connectivity index (χ2v) is 16.4. The molecular weight excluding hydrogens is 837 g/mol. The lowest BCUT2D eigenvalue weighted by Crippen LogP contribution is -2.42. The molecule has 0 radical (unpaired) electrons. The molecule has 4 aromatic carbocycles. The molecule has 0 amide bonds. The van der Waals surface area contributed by atoms with Crippen molar-refractivity contribution in [3.05, 3.63) is 106 Å². The summed E-state index contributed by atoms with van der Waals surface area (Å²) in [5.41, 5.74) is 2.30. The maximum atomic E-state index is 11.8. The minimum Gasteiger partial charge on any atom is -0.508 e. The molecule has 4 rings (SSSR count). The zero-order chi connectivity index (χ0) is 45.3. The molecule has 0 aliphatic heterocycles. The Morgan fingerprint density at radius 3 is 1.00 bits per heavy atom. The summed E-state index contributed by atoms with van der Waals surface area (Å²) >= 11 is 0. The van der Waals surface area contributed by atoms with E-state index in [0.29, 0.717) is 11.1 Å². The Balaban J connectivity index is 0.000000327. The smallest absolute Gasteiger partial charge is 0.321 e. The van der Waals surface area contributed by atoms with Gasteiger partial charge in [-0.3, -0.25) is 38.1 Å². The maximum absolute atomic E-state index is 11.8. The van der Waals surface area contributed by atoms with Crippen LogP contribution in [0.15, 0.2) is 82.6 Å². The largest absolute Gasteiger partial charge is 0.508 e. The van der Waals surface area contributed by atoms with Crippen LogP contribution >= 0.6 is 0 Å². The Hall–Kier alpha value is -6.30. The van der Waals surface area contributed by atoms with Crippen molar-refractivity contribution in [2.45, 2.75) is 74.7 Å². The first kappa shape index (κ1) is 48.1. The van der Waals surface area contributed by atoms with E-state index < -0.39 is 103 Å². The number of phenols is 4. The van der Waals surface area contributed by atoms with Crippen LogP contribution in [0, 0.1) is 13.8 Å². The van der Waals surface area contributed by atoms with Gasteiger partial charge in [0, 0.05) is 48.4 Å². The van der Waals surface area contributed by atoms with Crippen LogP contribution < -0.4 is 0 Å². The number of aryl methyl sites for hydroxylation is 2. The molecule has 2 unspecified atom stereocenters. The molecule has 0 aromatic heterocycles. The number of aliphatic carboxylic acids is 4. The summed E-state index contributed by atoms with van der Waals surface area (Å²) < 4.78 is 64.1. The van der Waals surface area contributed by atoms with Crippen LogP contribution in [0.4, 0.5) is 0 Å². The van der Waals surface area contributed by atoms with Crippen molar-refractivity contribution in [2.24, 2.45) is 0 Å². The molecule has 4 aromatic rings. The van der Waals surface area contributed by atoms with Gasteiger partial charge in [-0.2, -0.15) is 16.8 Å². The van der Waals surface area contributed by atoms with Gasteiger partial charge in [0.15, 0.2) is 0 Å². The van der Waals surface area contributed by atoms with Crippen molar-refractivity contribution in [1.82, 2.24) is 9.80 Å². The molecule has 60 heavy (non-hydrogen) atoms. The Morgan fingerprint density at radius 2 is 0.750 bits per heavy atom. The summed E-state index contributed by atoms with van der Waals surface area (Å²) in [4.78, 5) is 47.0. The third-order valence-electron chi connectivity index (χ3n) is 8.85. The van der Waals surface area contributed by atoms with Crippen molar-refractivity contribution >= 4 is 44.1 Å². The first-order valence-corrected chi connectivity index (χ1v) is 20.2. The summed E-state index contributed by atoms with van der Waals surface area (Å²) in [7, 11) is -9.39.